The van der Waals surface area contributed by atoms with Gasteiger partial charge in [0.15, 0.2) is 5.82 Å². The molecular weight excluding hydrogens is 454 g/mol. The first-order valence-electron chi connectivity index (χ1n) is 8.82. The molecule has 2 heterocycles. The number of nitrogens with one attached hydrogen (secondary N) is 1. The first-order chi connectivity index (χ1) is 13.9. The second kappa shape index (κ2) is 7.57. The van der Waals surface area contributed by atoms with Crippen LogP contribution in [-0.4, -0.2) is 32.8 Å². The first kappa shape index (κ1) is 19.5. The van der Waals surface area contributed by atoms with Crippen LogP contribution >= 0.6 is 27.3 Å². The highest BCUT2D eigenvalue weighted by Crippen LogP contribution is 2.31. The van der Waals surface area contributed by atoms with Crippen molar-refractivity contribution in [3.05, 3.63) is 57.3 Å². The summed E-state index contributed by atoms with van der Waals surface area (Å²) in [6.07, 6.45) is 0. The molecule has 148 valence electrons. The van der Waals surface area contributed by atoms with Crippen LogP contribution in [0.15, 0.2) is 34.8 Å². The zero-order chi connectivity index (χ0) is 20.7. The Labute approximate surface area is 179 Å². The minimum absolute atomic E-state index is 0.236. The van der Waals surface area contributed by atoms with Gasteiger partial charge in [-0.15, -0.1) is 10.2 Å². The molecule has 0 spiro atoms. The van der Waals surface area contributed by atoms with Crippen LogP contribution in [0, 0.1) is 20.8 Å². The number of halogens is 1. The lowest BCUT2D eigenvalue weighted by Gasteiger charge is -2.14. The van der Waals surface area contributed by atoms with E-state index in [4.69, 9.17) is 4.74 Å². The number of nitrogens with zero attached hydrogens (tertiary/aromatic N) is 4. The normalized spacial score (nSPS) is 11.1. The van der Waals surface area contributed by atoms with Gasteiger partial charge in [-0.3, -0.25) is 4.79 Å². The number of carbonyl (C=O) groups excluding carboxylic acids is 1. The summed E-state index contributed by atoms with van der Waals surface area (Å²) < 4.78 is 7.98. The summed E-state index contributed by atoms with van der Waals surface area (Å²) in [4.78, 5) is 13.7. The molecule has 0 aliphatic carbocycles. The van der Waals surface area contributed by atoms with Gasteiger partial charge in [-0.2, -0.15) is 9.61 Å². The fourth-order valence-electron chi connectivity index (χ4n) is 3.08. The highest BCUT2D eigenvalue weighted by molar-refractivity contribution is 9.10. The molecule has 1 amide bonds. The third-order valence-electron chi connectivity index (χ3n) is 4.57. The molecule has 0 atom stereocenters. The molecule has 7 nitrogen and oxygen atoms in total. The van der Waals surface area contributed by atoms with E-state index in [0.29, 0.717) is 11.3 Å². The number of benzene rings is 2. The Balaban J connectivity index is 1.69. The second-order valence-electron chi connectivity index (χ2n) is 6.64. The number of carbonyl (C=O) groups is 1. The summed E-state index contributed by atoms with van der Waals surface area (Å²) in [7, 11) is 1.56. The molecule has 0 fully saturated rings. The van der Waals surface area contributed by atoms with Gasteiger partial charge in [-0.25, -0.2) is 0 Å². The van der Waals surface area contributed by atoms with Gasteiger partial charge in [0.05, 0.1) is 12.7 Å². The van der Waals surface area contributed by atoms with Gasteiger partial charge in [-0.05, 0) is 50.1 Å². The lowest BCUT2D eigenvalue weighted by atomic mass is 10.1. The molecule has 0 bridgehead atoms. The Bertz CT molecular complexity index is 1250. The number of rotatable bonds is 4. The van der Waals surface area contributed by atoms with Crippen LogP contribution in [0.5, 0.6) is 5.75 Å². The van der Waals surface area contributed by atoms with Gasteiger partial charge in [0.25, 0.3) is 5.91 Å². The number of anilines is 1. The van der Waals surface area contributed by atoms with Gasteiger partial charge in [-0.1, -0.05) is 39.4 Å². The summed E-state index contributed by atoms with van der Waals surface area (Å²) in [5, 5.41) is 16.5. The van der Waals surface area contributed by atoms with Gasteiger partial charge >= 0.3 is 0 Å². The standard InChI is InChI=1S/C20H18BrN5O2S/c1-10-5-6-13(19-25-26-12(3)23-24-20(26)29-19)8-16(10)22-18(27)15-9-14(21)7-11(2)17(15)28-4/h5-9H,1-4H3,(H,22,27). The number of ether oxygens (including phenoxy) is 1. The fourth-order valence-corrected chi connectivity index (χ4v) is 4.53. The maximum atomic E-state index is 13.0. The predicted octanol–water partition coefficient (Wildman–Crippen LogP) is 4.80. The largest absolute Gasteiger partial charge is 0.496 e. The predicted molar refractivity (Wildman–Crippen MR) is 117 cm³/mol. The molecule has 2 aromatic carbocycles. The third kappa shape index (κ3) is 3.63. The van der Waals surface area contributed by atoms with E-state index < -0.39 is 0 Å². The minimum Gasteiger partial charge on any atom is -0.496 e. The molecule has 0 saturated carbocycles. The fraction of sp³-hybridized carbons (Fsp3) is 0.200. The quantitative estimate of drug-likeness (QED) is 0.462. The van der Waals surface area contributed by atoms with Crippen molar-refractivity contribution in [3.63, 3.8) is 0 Å². The molecule has 9 heteroatoms. The van der Waals surface area contributed by atoms with Crippen LogP contribution in [0.1, 0.15) is 27.3 Å². The van der Waals surface area contributed by atoms with Crippen molar-refractivity contribution >= 4 is 43.8 Å². The number of amides is 1. The van der Waals surface area contributed by atoms with Gasteiger partial charge < -0.3 is 10.1 Å². The molecule has 2 aromatic heterocycles. The lowest BCUT2D eigenvalue weighted by molar-refractivity contribution is 0.102. The van der Waals surface area contributed by atoms with E-state index >= 15 is 0 Å². The minimum atomic E-state index is -0.236. The smallest absolute Gasteiger partial charge is 0.259 e. The van der Waals surface area contributed by atoms with E-state index in [1.165, 1.54) is 11.3 Å². The van der Waals surface area contributed by atoms with Gasteiger partial charge in [0, 0.05) is 15.7 Å². The molecule has 4 aromatic rings. The Morgan fingerprint density at radius 3 is 2.66 bits per heavy atom. The molecule has 29 heavy (non-hydrogen) atoms. The Morgan fingerprint density at radius 2 is 1.93 bits per heavy atom. The van der Waals surface area contributed by atoms with Gasteiger partial charge in [0.2, 0.25) is 4.96 Å². The average Bonchev–Trinajstić information content (AvgIpc) is 3.25. The molecule has 1 N–H and O–H groups in total. The van der Waals surface area contributed by atoms with Gasteiger partial charge in [0.1, 0.15) is 10.8 Å². The molecule has 0 radical (unpaired) electrons. The van der Waals surface area contributed by atoms with Crippen LogP contribution in [-0.2, 0) is 0 Å². The second-order valence-corrected chi connectivity index (χ2v) is 8.51. The van der Waals surface area contributed by atoms with E-state index in [0.717, 1.165) is 42.6 Å². The van der Waals surface area contributed by atoms with Crippen molar-refractivity contribution in [1.29, 1.82) is 0 Å². The van der Waals surface area contributed by atoms with E-state index in [-0.39, 0.29) is 5.91 Å². The average molecular weight is 472 g/mol. The summed E-state index contributed by atoms with van der Waals surface area (Å²) >= 11 is 4.90. The number of aromatic nitrogens is 4. The number of hydrogen-bond acceptors (Lipinski definition) is 6. The number of methoxy groups -OCH3 is 1. The lowest BCUT2D eigenvalue weighted by Crippen LogP contribution is -2.14. The van der Waals surface area contributed by atoms with Crippen molar-refractivity contribution in [3.8, 4) is 16.3 Å². The zero-order valence-electron chi connectivity index (χ0n) is 16.3. The van der Waals surface area contributed by atoms with Crippen molar-refractivity contribution in [2.75, 3.05) is 12.4 Å². The SMILES string of the molecule is COc1c(C)cc(Br)cc1C(=O)Nc1cc(-c2nn3c(C)nnc3s2)ccc1C. The Hall–Kier alpha value is -2.78. The Kier molecular flexibility index (Phi) is 5.10. The topological polar surface area (TPSA) is 81.4 Å². The maximum absolute atomic E-state index is 13.0. The summed E-state index contributed by atoms with van der Waals surface area (Å²) in [6.45, 7) is 5.71. The highest BCUT2D eigenvalue weighted by Gasteiger charge is 2.18. The third-order valence-corrected chi connectivity index (χ3v) is 5.97. The van der Waals surface area contributed by atoms with E-state index in [1.54, 1.807) is 17.7 Å². The van der Waals surface area contributed by atoms with Crippen LogP contribution < -0.4 is 10.1 Å². The summed E-state index contributed by atoms with van der Waals surface area (Å²) in [6, 6.07) is 9.54. The molecular formula is C20H18BrN5O2S. The molecule has 0 aliphatic rings. The van der Waals surface area contributed by atoms with Crippen LogP contribution in [0.4, 0.5) is 5.69 Å². The highest BCUT2D eigenvalue weighted by atomic mass is 79.9. The molecule has 0 saturated heterocycles. The number of aryl methyl sites for hydroxylation is 3. The van der Waals surface area contributed by atoms with E-state index in [9.17, 15) is 4.79 Å². The molecule has 0 unspecified atom stereocenters. The first-order valence-corrected chi connectivity index (χ1v) is 10.4. The van der Waals surface area contributed by atoms with E-state index in [1.807, 2.05) is 45.0 Å². The Morgan fingerprint density at radius 1 is 1.14 bits per heavy atom. The van der Waals surface area contributed by atoms with Crippen molar-refractivity contribution < 1.29 is 9.53 Å². The number of hydrogen-bond donors (Lipinski definition) is 1. The zero-order valence-corrected chi connectivity index (χ0v) is 18.7. The van der Waals surface area contributed by atoms with E-state index in [2.05, 4.69) is 36.5 Å². The molecule has 0 aliphatic heterocycles. The number of fused-ring (bicyclic) bond motifs is 1. The maximum Gasteiger partial charge on any atom is 0.259 e. The summed E-state index contributed by atoms with van der Waals surface area (Å²) in [5.41, 5.74) is 3.92. The van der Waals surface area contributed by atoms with Crippen LogP contribution in [0.25, 0.3) is 15.5 Å². The summed E-state index contributed by atoms with van der Waals surface area (Å²) in [5.74, 6) is 1.06. The van der Waals surface area contributed by atoms with Crippen molar-refractivity contribution in [1.82, 2.24) is 19.8 Å². The van der Waals surface area contributed by atoms with Crippen molar-refractivity contribution in [2.45, 2.75) is 20.8 Å². The molecule has 4 rings (SSSR count). The van der Waals surface area contributed by atoms with Crippen LogP contribution in [0.2, 0.25) is 0 Å². The van der Waals surface area contributed by atoms with Crippen molar-refractivity contribution in [2.24, 2.45) is 0 Å². The monoisotopic (exact) mass is 471 g/mol. The van der Waals surface area contributed by atoms with Crippen LogP contribution in [0.3, 0.4) is 0 Å².